The minimum atomic E-state index is -0.824. The van der Waals surface area contributed by atoms with Crippen molar-refractivity contribution in [2.45, 2.75) is 25.6 Å². The molecule has 1 aliphatic rings. The summed E-state index contributed by atoms with van der Waals surface area (Å²) in [6, 6.07) is 4.13. The standard InChI is InChI=1S/C12H15F2NO/c13-11-3-1-2-9(12(11)14)7-16-10-4-8(5-10)6-15/h1-3,8,10H,4-7,15H2. The largest absolute Gasteiger partial charge is 0.373 e. The molecule has 0 radical (unpaired) electrons. The van der Waals surface area contributed by atoms with Crippen LogP contribution >= 0.6 is 0 Å². The third-order valence-corrected chi connectivity index (χ3v) is 3.03. The second kappa shape index (κ2) is 4.89. The second-order valence-electron chi connectivity index (χ2n) is 4.22. The van der Waals surface area contributed by atoms with Crippen LogP contribution in [0.3, 0.4) is 0 Å². The maximum Gasteiger partial charge on any atom is 0.164 e. The van der Waals surface area contributed by atoms with Gasteiger partial charge in [-0.15, -0.1) is 0 Å². The molecule has 0 spiro atoms. The van der Waals surface area contributed by atoms with Gasteiger partial charge in [-0.3, -0.25) is 0 Å². The number of hydrogen-bond acceptors (Lipinski definition) is 2. The summed E-state index contributed by atoms with van der Waals surface area (Å²) in [5, 5.41) is 0. The van der Waals surface area contributed by atoms with Gasteiger partial charge in [0.1, 0.15) is 0 Å². The quantitative estimate of drug-likeness (QED) is 0.856. The van der Waals surface area contributed by atoms with Crippen LogP contribution in [-0.4, -0.2) is 12.6 Å². The summed E-state index contributed by atoms with van der Waals surface area (Å²) < 4.78 is 31.6. The lowest BCUT2D eigenvalue weighted by Crippen LogP contribution is -2.35. The van der Waals surface area contributed by atoms with E-state index in [1.54, 1.807) is 0 Å². The molecule has 0 unspecified atom stereocenters. The molecule has 4 heteroatoms. The average molecular weight is 227 g/mol. The zero-order valence-corrected chi connectivity index (χ0v) is 8.96. The molecular weight excluding hydrogens is 212 g/mol. The lowest BCUT2D eigenvalue weighted by molar-refractivity contribution is -0.0386. The van der Waals surface area contributed by atoms with Crippen molar-refractivity contribution in [3.63, 3.8) is 0 Å². The maximum absolute atomic E-state index is 13.2. The fourth-order valence-electron chi connectivity index (χ4n) is 1.87. The fraction of sp³-hybridized carbons (Fsp3) is 0.500. The minimum Gasteiger partial charge on any atom is -0.373 e. The minimum absolute atomic E-state index is 0.131. The molecule has 1 saturated carbocycles. The van der Waals surface area contributed by atoms with Crippen LogP contribution in [0.1, 0.15) is 18.4 Å². The molecule has 1 fully saturated rings. The van der Waals surface area contributed by atoms with E-state index in [1.165, 1.54) is 12.1 Å². The Bertz CT molecular complexity index is 364. The normalized spacial score (nSPS) is 24.2. The third kappa shape index (κ3) is 2.39. The monoisotopic (exact) mass is 227 g/mol. The molecule has 1 aromatic rings. The Morgan fingerprint density at radius 2 is 2.06 bits per heavy atom. The van der Waals surface area contributed by atoms with Crippen LogP contribution in [-0.2, 0) is 11.3 Å². The van der Waals surface area contributed by atoms with Crippen LogP contribution in [0.5, 0.6) is 0 Å². The van der Waals surface area contributed by atoms with Crippen molar-refractivity contribution in [1.82, 2.24) is 0 Å². The highest BCUT2D eigenvalue weighted by Crippen LogP contribution is 2.29. The lowest BCUT2D eigenvalue weighted by Gasteiger charge is -2.34. The Morgan fingerprint density at radius 1 is 1.31 bits per heavy atom. The molecule has 0 aromatic heterocycles. The zero-order valence-electron chi connectivity index (χ0n) is 8.96. The van der Waals surface area contributed by atoms with Gasteiger partial charge in [0.2, 0.25) is 0 Å². The van der Waals surface area contributed by atoms with Gasteiger partial charge in [0.15, 0.2) is 11.6 Å². The van der Waals surface area contributed by atoms with Gasteiger partial charge in [-0.1, -0.05) is 12.1 Å². The van der Waals surface area contributed by atoms with E-state index in [-0.39, 0.29) is 18.3 Å². The number of nitrogens with two attached hydrogens (primary N) is 1. The van der Waals surface area contributed by atoms with E-state index in [0.29, 0.717) is 12.5 Å². The molecule has 0 bridgehead atoms. The first-order chi connectivity index (χ1) is 7.70. The van der Waals surface area contributed by atoms with E-state index < -0.39 is 11.6 Å². The van der Waals surface area contributed by atoms with Gasteiger partial charge >= 0.3 is 0 Å². The van der Waals surface area contributed by atoms with Crippen molar-refractivity contribution < 1.29 is 13.5 Å². The van der Waals surface area contributed by atoms with E-state index >= 15 is 0 Å². The highest BCUT2D eigenvalue weighted by molar-refractivity contribution is 5.18. The number of halogens is 2. The Hall–Kier alpha value is -1.00. The Balaban J connectivity index is 1.84. The lowest BCUT2D eigenvalue weighted by atomic mass is 9.82. The smallest absolute Gasteiger partial charge is 0.164 e. The topological polar surface area (TPSA) is 35.2 Å². The molecule has 0 atom stereocenters. The van der Waals surface area contributed by atoms with Crippen LogP contribution in [0.4, 0.5) is 8.78 Å². The summed E-state index contributed by atoms with van der Waals surface area (Å²) in [7, 11) is 0. The van der Waals surface area contributed by atoms with Gasteiger partial charge in [-0.2, -0.15) is 0 Å². The van der Waals surface area contributed by atoms with Gasteiger partial charge in [-0.05, 0) is 31.4 Å². The van der Waals surface area contributed by atoms with Gasteiger partial charge in [0.25, 0.3) is 0 Å². The van der Waals surface area contributed by atoms with Crippen LogP contribution in [0.2, 0.25) is 0 Å². The number of hydrogen-bond donors (Lipinski definition) is 1. The molecule has 0 aliphatic heterocycles. The Labute approximate surface area is 93.4 Å². The molecular formula is C12H15F2NO. The molecule has 0 amide bonds. The van der Waals surface area contributed by atoms with E-state index in [2.05, 4.69) is 0 Å². The molecule has 2 nitrogen and oxygen atoms in total. The second-order valence-corrected chi connectivity index (χ2v) is 4.22. The Morgan fingerprint density at radius 3 is 2.75 bits per heavy atom. The molecule has 1 aromatic carbocycles. The number of rotatable bonds is 4. The van der Waals surface area contributed by atoms with E-state index in [1.807, 2.05) is 0 Å². The predicted octanol–water partition coefficient (Wildman–Crippen LogP) is 2.22. The van der Waals surface area contributed by atoms with E-state index in [4.69, 9.17) is 10.5 Å². The van der Waals surface area contributed by atoms with Crippen molar-refractivity contribution in [2.75, 3.05) is 6.54 Å². The van der Waals surface area contributed by atoms with Crippen molar-refractivity contribution in [3.8, 4) is 0 Å². The highest BCUT2D eigenvalue weighted by atomic mass is 19.2. The predicted molar refractivity (Wildman–Crippen MR) is 56.7 cm³/mol. The van der Waals surface area contributed by atoms with Gasteiger partial charge < -0.3 is 10.5 Å². The van der Waals surface area contributed by atoms with Crippen molar-refractivity contribution in [1.29, 1.82) is 0 Å². The molecule has 0 saturated heterocycles. The van der Waals surface area contributed by atoms with Crippen molar-refractivity contribution in [3.05, 3.63) is 35.4 Å². The summed E-state index contributed by atoms with van der Waals surface area (Å²) in [6.07, 6.45) is 2.00. The van der Waals surface area contributed by atoms with E-state index in [9.17, 15) is 8.78 Å². The Kier molecular flexibility index (Phi) is 3.51. The molecule has 16 heavy (non-hydrogen) atoms. The summed E-state index contributed by atoms with van der Waals surface area (Å²) in [4.78, 5) is 0. The van der Waals surface area contributed by atoms with Crippen molar-refractivity contribution in [2.24, 2.45) is 11.7 Å². The molecule has 88 valence electrons. The molecule has 2 rings (SSSR count). The van der Waals surface area contributed by atoms with E-state index in [0.717, 1.165) is 18.9 Å². The van der Waals surface area contributed by atoms with Gasteiger partial charge in [-0.25, -0.2) is 8.78 Å². The summed E-state index contributed by atoms with van der Waals surface area (Å²) in [6.45, 7) is 0.805. The summed E-state index contributed by atoms with van der Waals surface area (Å²) >= 11 is 0. The zero-order chi connectivity index (χ0) is 11.5. The third-order valence-electron chi connectivity index (χ3n) is 3.03. The van der Waals surface area contributed by atoms with Crippen LogP contribution in [0.15, 0.2) is 18.2 Å². The van der Waals surface area contributed by atoms with Gasteiger partial charge in [0.05, 0.1) is 12.7 Å². The van der Waals surface area contributed by atoms with Crippen LogP contribution in [0.25, 0.3) is 0 Å². The first-order valence-corrected chi connectivity index (χ1v) is 5.45. The fourth-order valence-corrected chi connectivity index (χ4v) is 1.87. The summed E-state index contributed by atoms with van der Waals surface area (Å²) in [5.74, 6) is -1.10. The van der Waals surface area contributed by atoms with Crippen molar-refractivity contribution >= 4 is 0 Å². The van der Waals surface area contributed by atoms with Gasteiger partial charge in [0, 0.05) is 5.56 Å². The number of ether oxygens (including phenoxy) is 1. The summed E-state index contributed by atoms with van der Waals surface area (Å²) in [5.41, 5.74) is 5.76. The molecule has 1 aliphatic carbocycles. The first-order valence-electron chi connectivity index (χ1n) is 5.45. The van der Waals surface area contributed by atoms with Crippen LogP contribution < -0.4 is 5.73 Å². The maximum atomic E-state index is 13.2. The first kappa shape index (κ1) is 11.5. The average Bonchev–Trinajstić information content (AvgIpc) is 2.22. The SMILES string of the molecule is NCC1CC(OCc2cccc(F)c2F)C1. The van der Waals surface area contributed by atoms with Crippen LogP contribution in [0, 0.1) is 17.6 Å². The number of benzene rings is 1. The molecule has 0 heterocycles. The molecule has 2 N–H and O–H groups in total. The highest BCUT2D eigenvalue weighted by Gasteiger charge is 2.28.